The zero-order valence-electron chi connectivity index (χ0n) is 22.4. The topological polar surface area (TPSA) is 94.1 Å². The third-order valence-corrected chi connectivity index (χ3v) is 6.96. The second-order valence-electron chi connectivity index (χ2n) is 10.1. The fourth-order valence-corrected chi connectivity index (χ4v) is 4.71. The van der Waals surface area contributed by atoms with E-state index < -0.39 is 6.10 Å². The van der Waals surface area contributed by atoms with E-state index in [0.29, 0.717) is 37.1 Å². The van der Waals surface area contributed by atoms with Crippen LogP contribution in [0, 0.1) is 0 Å². The third kappa shape index (κ3) is 9.92. The molecule has 0 aliphatic carbocycles. The molecule has 0 aromatic carbocycles. The van der Waals surface area contributed by atoms with E-state index in [1.165, 1.54) is 79.8 Å². The van der Waals surface area contributed by atoms with Crippen LogP contribution in [0.25, 0.3) is 11.2 Å². The molecule has 0 saturated heterocycles. The monoisotopic (exact) mass is 491 g/mol. The van der Waals surface area contributed by atoms with E-state index in [-0.39, 0.29) is 11.2 Å². The van der Waals surface area contributed by atoms with Gasteiger partial charge in [-0.3, -0.25) is 13.9 Å². The van der Waals surface area contributed by atoms with Gasteiger partial charge in [0.2, 0.25) is 0 Å². The Morgan fingerprint density at radius 2 is 1.49 bits per heavy atom. The van der Waals surface area contributed by atoms with Crippen molar-refractivity contribution in [2.45, 2.75) is 116 Å². The normalized spacial score (nSPS) is 12.6. The van der Waals surface area contributed by atoms with E-state index in [2.05, 4.69) is 17.2 Å². The lowest BCUT2D eigenvalue weighted by Gasteiger charge is -2.12. The third-order valence-electron chi connectivity index (χ3n) is 6.96. The summed E-state index contributed by atoms with van der Waals surface area (Å²) < 4.78 is 4.35. The maximum Gasteiger partial charge on any atom is 0.332 e. The predicted molar refractivity (Wildman–Crippen MR) is 144 cm³/mol. The molecule has 0 spiro atoms. The van der Waals surface area contributed by atoms with Gasteiger partial charge in [-0.2, -0.15) is 0 Å². The SMILES string of the molecule is CCCCCCCCCCCCCCNCC(O)CCCCn1c(=O)c2c(ncn2C)n(C)c1=O. The van der Waals surface area contributed by atoms with Gasteiger partial charge in [0.25, 0.3) is 5.56 Å². The van der Waals surface area contributed by atoms with Crippen LogP contribution in [0.15, 0.2) is 15.9 Å². The second-order valence-corrected chi connectivity index (χ2v) is 10.1. The average Bonchev–Trinajstić information content (AvgIpc) is 3.24. The van der Waals surface area contributed by atoms with E-state index in [9.17, 15) is 14.7 Å². The molecule has 0 bridgehead atoms. The Balaban J connectivity index is 1.49. The Hall–Kier alpha value is -1.93. The average molecular weight is 492 g/mol. The molecule has 35 heavy (non-hydrogen) atoms. The number of nitrogens with one attached hydrogen (secondary N) is 1. The maximum atomic E-state index is 12.7. The van der Waals surface area contributed by atoms with E-state index in [4.69, 9.17) is 0 Å². The summed E-state index contributed by atoms with van der Waals surface area (Å²) >= 11 is 0. The Kier molecular flexibility index (Phi) is 14.0. The van der Waals surface area contributed by atoms with Crippen molar-refractivity contribution < 1.29 is 5.11 Å². The fraction of sp³-hybridized carbons (Fsp3) is 0.815. The summed E-state index contributed by atoms with van der Waals surface area (Å²) in [5.74, 6) is 0. The molecule has 0 saturated carbocycles. The van der Waals surface area contributed by atoms with Crippen LogP contribution in [-0.4, -0.2) is 43.0 Å². The Morgan fingerprint density at radius 1 is 0.886 bits per heavy atom. The largest absolute Gasteiger partial charge is 0.392 e. The molecule has 0 amide bonds. The molecular weight excluding hydrogens is 442 g/mol. The van der Waals surface area contributed by atoms with Gasteiger partial charge in [-0.05, 0) is 32.2 Å². The number of imidazole rings is 1. The van der Waals surface area contributed by atoms with Crippen LogP contribution in [-0.2, 0) is 20.6 Å². The summed E-state index contributed by atoms with van der Waals surface area (Å²) in [6.07, 6.45) is 19.4. The van der Waals surface area contributed by atoms with Crippen molar-refractivity contribution in [2.75, 3.05) is 13.1 Å². The van der Waals surface area contributed by atoms with Crippen molar-refractivity contribution in [1.82, 2.24) is 24.0 Å². The molecule has 1 unspecified atom stereocenters. The number of aliphatic hydroxyl groups is 1. The molecule has 200 valence electrons. The van der Waals surface area contributed by atoms with Gasteiger partial charge in [-0.1, -0.05) is 77.6 Å². The highest BCUT2D eigenvalue weighted by Crippen LogP contribution is 2.12. The van der Waals surface area contributed by atoms with Gasteiger partial charge in [-0.15, -0.1) is 0 Å². The smallest absolute Gasteiger partial charge is 0.332 e. The van der Waals surface area contributed by atoms with Gasteiger partial charge in [0.1, 0.15) is 0 Å². The zero-order chi connectivity index (χ0) is 25.5. The number of unbranched alkanes of at least 4 members (excludes halogenated alkanes) is 12. The quantitative estimate of drug-likeness (QED) is 0.270. The summed E-state index contributed by atoms with van der Waals surface area (Å²) in [5.41, 5.74) is 0.209. The molecule has 0 fully saturated rings. The Labute approximate surface area is 210 Å². The van der Waals surface area contributed by atoms with Crippen molar-refractivity contribution in [2.24, 2.45) is 14.1 Å². The van der Waals surface area contributed by atoms with Crippen LogP contribution in [0.3, 0.4) is 0 Å². The lowest BCUT2D eigenvalue weighted by molar-refractivity contribution is 0.157. The highest BCUT2D eigenvalue weighted by molar-refractivity contribution is 5.69. The van der Waals surface area contributed by atoms with E-state index in [0.717, 1.165) is 19.4 Å². The first-order valence-corrected chi connectivity index (χ1v) is 14.0. The summed E-state index contributed by atoms with van der Waals surface area (Å²) in [4.78, 5) is 29.4. The van der Waals surface area contributed by atoms with E-state index in [1.54, 1.807) is 25.0 Å². The number of aliphatic hydroxyl groups excluding tert-OH is 1. The fourth-order valence-electron chi connectivity index (χ4n) is 4.71. The molecule has 2 aromatic rings. The Morgan fingerprint density at radius 3 is 2.11 bits per heavy atom. The lowest BCUT2D eigenvalue weighted by Crippen LogP contribution is -2.39. The molecule has 0 aliphatic heterocycles. The first-order valence-electron chi connectivity index (χ1n) is 14.0. The number of hydrogen-bond donors (Lipinski definition) is 2. The minimum absolute atomic E-state index is 0.298. The zero-order valence-corrected chi connectivity index (χ0v) is 22.4. The summed E-state index contributed by atoms with van der Waals surface area (Å²) in [6.45, 7) is 4.17. The van der Waals surface area contributed by atoms with Crippen LogP contribution >= 0.6 is 0 Å². The molecule has 8 nitrogen and oxygen atoms in total. The molecule has 1 atom stereocenters. The summed E-state index contributed by atoms with van der Waals surface area (Å²) in [5, 5.41) is 13.6. The summed E-state index contributed by atoms with van der Waals surface area (Å²) in [7, 11) is 3.39. The number of nitrogens with zero attached hydrogens (tertiary/aromatic N) is 4. The van der Waals surface area contributed by atoms with Crippen molar-refractivity contribution >= 4 is 11.2 Å². The van der Waals surface area contributed by atoms with Crippen LogP contribution in [0.2, 0.25) is 0 Å². The van der Waals surface area contributed by atoms with Gasteiger partial charge in [0.15, 0.2) is 11.2 Å². The van der Waals surface area contributed by atoms with E-state index >= 15 is 0 Å². The van der Waals surface area contributed by atoms with Gasteiger partial charge in [-0.25, -0.2) is 9.78 Å². The highest BCUT2D eigenvalue weighted by Gasteiger charge is 2.14. The van der Waals surface area contributed by atoms with Crippen LogP contribution in [0.5, 0.6) is 0 Å². The maximum absolute atomic E-state index is 12.7. The molecule has 2 heterocycles. The van der Waals surface area contributed by atoms with Crippen molar-refractivity contribution in [1.29, 1.82) is 0 Å². The van der Waals surface area contributed by atoms with E-state index in [1.807, 2.05) is 0 Å². The summed E-state index contributed by atoms with van der Waals surface area (Å²) in [6, 6.07) is 0. The van der Waals surface area contributed by atoms with Crippen molar-refractivity contribution in [3.05, 3.63) is 27.2 Å². The molecule has 0 radical (unpaired) electrons. The van der Waals surface area contributed by atoms with Crippen LogP contribution in [0.4, 0.5) is 0 Å². The predicted octanol–water partition coefficient (Wildman–Crippen LogP) is 4.26. The second kappa shape index (κ2) is 16.7. The minimum Gasteiger partial charge on any atom is -0.392 e. The van der Waals surface area contributed by atoms with Crippen molar-refractivity contribution in [3.63, 3.8) is 0 Å². The van der Waals surface area contributed by atoms with Gasteiger partial charge in [0.05, 0.1) is 12.4 Å². The standard InChI is InChI=1S/C27H49N5O3/c1-4-5-6-7-8-9-10-11-12-13-14-16-19-28-21-23(33)18-15-17-20-32-26(34)24-25(29-22-30(24)2)31(3)27(32)35/h22-23,28,33H,4-21H2,1-3H3. The van der Waals surface area contributed by atoms with Crippen LogP contribution in [0.1, 0.15) is 103 Å². The van der Waals surface area contributed by atoms with Gasteiger partial charge in [0, 0.05) is 27.2 Å². The molecule has 8 heteroatoms. The first-order chi connectivity index (χ1) is 17.0. The number of rotatable bonds is 20. The number of aryl methyl sites for hydroxylation is 2. The molecule has 2 aromatic heterocycles. The number of aromatic nitrogens is 4. The Bertz CT molecular complexity index is 962. The van der Waals surface area contributed by atoms with Crippen LogP contribution < -0.4 is 16.6 Å². The first kappa shape index (κ1) is 29.3. The van der Waals surface area contributed by atoms with Crippen molar-refractivity contribution in [3.8, 4) is 0 Å². The van der Waals surface area contributed by atoms with Gasteiger partial charge >= 0.3 is 5.69 Å². The minimum atomic E-state index is -0.397. The molecule has 2 rings (SSSR count). The lowest BCUT2D eigenvalue weighted by atomic mass is 10.1. The number of hydrogen-bond acceptors (Lipinski definition) is 5. The van der Waals surface area contributed by atoms with Gasteiger partial charge < -0.3 is 15.0 Å². The number of fused-ring (bicyclic) bond motifs is 1. The highest BCUT2D eigenvalue weighted by atomic mass is 16.3. The molecular formula is C27H49N5O3. The molecule has 0 aliphatic rings. The molecule has 2 N–H and O–H groups in total.